The van der Waals surface area contributed by atoms with E-state index in [1.54, 1.807) is 43.2 Å². The van der Waals surface area contributed by atoms with Gasteiger partial charge in [0.25, 0.3) is 0 Å². The molecule has 0 aliphatic heterocycles. The minimum Gasteiger partial charge on any atom is -0.772 e. The van der Waals surface area contributed by atoms with Crippen LogP contribution < -0.4 is 70.6 Å². The Hall–Kier alpha value is 3.54. The van der Waals surface area contributed by atoms with Gasteiger partial charge in [-0.25, -0.2) is 4.21 Å². The Kier molecular flexibility index (Phi) is 30.6. The Bertz CT molecular complexity index is 306. The maximum absolute atomic E-state index is 10.5. The molecular weight excluding hydrogens is 451 g/mol. The predicted molar refractivity (Wildman–Crippen MR) is 104 cm³/mol. The maximum Gasteiger partial charge on any atom is 1.00 e. The summed E-state index contributed by atoms with van der Waals surface area (Å²) < 4.78 is 40.1. The van der Waals surface area contributed by atoms with Crippen LogP contribution in [0.1, 0.15) is 12.8 Å². The van der Waals surface area contributed by atoms with E-state index < -0.39 is 22.2 Å². The molecule has 0 amide bonds. The predicted octanol–water partition coefficient (Wildman–Crippen LogP) is -4.71. The first-order valence-corrected chi connectivity index (χ1v) is 14.0. The Morgan fingerprint density at radius 2 is 1.21 bits per heavy atom. The third-order valence-electron chi connectivity index (χ3n) is 2.27. The van der Waals surface area contributed by atoms with Gasteiger partial charge in [-0.3, -0.25) is 4.21 Å². The molecule has 0 bridgehead atoms. The van der Waals surface area contributed by atoms with Gasteiger partial charge in [-0.2, -0.15) is 0 Å². The summed E-state index contributed by atoms with van der Waals surface area (Å²) in [5, 5.41) is 0. The summed E-state index contributed by atoms with van der Waals surface area (Å²) in [6, 6.07) is -0.481. The summed E-state index contributed by atoms with van der Waals surface area (Å²) in [5.41, 5.74) is 11.3. The van der Waals surface area contributed by atoms with Gasteiger partial charge < -0.3 is 20.6 Å². The molecule has 0 radical (unpaired) electrons. The van der Waals surface area contributed by atoms with E-state index in [0.29, 0.717) is 6.42 Å². The molecule has 0 spiro atoms. The standard InChI is InChI=1S/C10H24N2O4S6.2Na/c11-9(7-21(13)14)1-3-17-19-5-6-20-18-4-2-10(12)8-22(15)16;;/h9-10H,1-8,11-12H2,(H,13,14)(H,15,16);;/q;2*+1/p-1/t9-,10-;;/m1../s1. The van der Waals surface area contributed by atoms with Crippen molar-refractivity contribution in [3.63, 3.8) is 0 Å². The van der Waals surface area contributed by atoms with Gasteiger partial charge >= 0.3 is 59.1 Å². The van der Waals surface area contributed by atoms with Crippen molar-refractivity contribution in [3.8, 4) is 0 Å². The smallest absolute Gasteiger partial charge is 0.772 e. The van der Waals surface area contributed by atoms with Crippen LogP contribution >= 0.6 is 43.2 Å². The van der Waals surface area contributed by atoms with E-state index in [1.807, 2.05) is 0 Å². The maximum atomic E-state index is 10.5. The van der Waals surface area contributed by atoms with Crippen molar-refractivity contribution in [2.45, 2.75) is 24.9 Å². The van der Waals surface area contributed by atoms with Crippen molar-refractivity contribution >= 4 is 65.3 Å². The molecule has 0 saturated heterocycles. The third kappa shape index (κ3) is 25.5. The molecule has 0 fully saturated rings. The minimum absolute atomic E-state index is 0. The molecule has 24 heavy (non-hydrogen) atoms. The summed E-state index contributed by atoms with van der Waals surface area (Å²) in [7, 11) is 6.98. The van der Waals surface area contributed by atoms with E-state index in [1.165, 1.54) is 0 Å². The van der Waals surface area contributed by atoms with Crippen molar-refractivity contribution in [3.05, 3.63) is 0 Å². The Labute approximate surface area is 210 Å². The van der Waals surface area contributed by atoms with E-state index in [9.17, 15) is 13.0 Å². The number of hydrogen-bond acceptors (Lipinski definition) is 9. The zero-order valence-electron chi connectivity index (χ0n) is 14.1. The van der Waals surface area contributed by atoms with Crippen LogP contribution in [0.2, 0.25) is 0 Å². The fourth-order valence-electron chi connectivity index (χ4n) is 1.23. The zero-order chi connectivity index (χ0) is 16.8. The van der Waals surface area contributed by atoms with E-state index in [-0.39, 0.29) is 82.7 Å². The molecule has 0 aromatic heterocycles. The molecule has 134 valence electrons. The molecule has 0 heterocycles. The molecule has 0 saturated carbocycles. The third-order valence-corrected chi connectivity index (χ3v) is 8.82. The number of nitrogens with two attached hydrogens (primary N) is 2. The minimum atomic E-state index is -2.05. The number of rotatable bonds is 15. The molecule has 6 nitrogen and oxygen atoms in total. The second-order valence-electron chi connectivity index (χ2n) is 4.34. The van der Waals surface area contributed by atoms with Crippen LogP contribution in [0.15, 0.2) is 0 Å². The Morgan fingerprint density at radius 3 is 1.58 bits per heavy atom. The summed E-state index contributed by atoms with van der Waals surface area (Å²) in [5.74, 6) is 3.93. The fraction of sp³-hybridized carbons (Fsp3) is 1.00. The first-order chi connectivity index (χ1) is 10.4. The Morgan fingerprint density at radius 1 is 0.833 bits per heavy atom. The van der Waals surface area contributed by atoms with Crippen LogP contribution in [-0.4, -0.2) is 64.1 Å². The molecule has 4 atom stereocenters. The van der Waals surface area contributed by atoms with Crippen LogP contribution in [-0.2, 0) is 22.2 Å². The molecule has 0 aromatic rings. The van der Waals surface area contributed by atoms with Gasteiger partial charge in [0.2, 0.25) is 0 Å². The van der Waals surface area contributed by atoms with Gasteiger partial charge in [-0.05, 0) is 12.8 Å². The SMILES string of the molecule is N[C@H](CCSSCCSSCC[C@@H](N)CS(=O)O)CS(=O)[O-].[Na+].[Na+]. The van der Waals surface area contributed by atoms with Crippen LogP contribution in [0.25, 0.3) is 0 Å². The van der Waals surface area contributed by atoms with Gasteiger partial charge in [0, 0.05) is 40.8 Å². The summed E-state index contributed by atoms with van der Waals surface area (Å²) >= 11 is -3.86. The van der Waals surface area contributed by atoms with E-state index >= 15 is 0 Å². The first kappa shape index (κ1) is 32.2. The van der Waals surface area contributed by atoms with E-state index in [2.05, 4.69) is 0 Å². The molecule has 2 unspecified atom stereocenters. The van der Waals surface area contributed by atoms with Crippen LogP contribution in [0.5, 0.6) is 0 Å². The Balaban J connectivity index is -0.00000220. The summed E-state index contributed by atoms with van der Waals surface area (Å²) in [6.45, 7) is 0. The zero-order valence-corrected chi connectivity index (χ0v) is 23.0. The molecule has 0 rings (SSSR count). The normalized spacial score (nSPS) is 15.7. The van der Waals surface area contributed by atoms with E-state index in [4.69, 9.17) is 16.0 Å². The van der Waals surface area contributed by atoms with E-state index in [0.717, 1.165) is 29.4 Å². The molecule has 14 heteroatoms. The largest absolute Gasteiger partial charge is 1.00 e. The number of hydrogen-bond donors (Lipinski definition) is 3. The van der Waals surface area contributed by atoms with Gasteiger partial charge in [0.15, 0.2) is 11.1 Å². The molecule has 0 aliphatic carbocycles. The van der Waals surface area contributed by atoms with Crippen molar-refractivity contribution in [2.24, 2.45) is 11.5 Å². The molecule has 5 N–H and O–H groups in total. The fourth-order valence-corrected chi connectivity index (χ4v) is 7.31. The summed E-state index contributed by atoms with van der Waals surface area (Å²) in [4.78, 5) is 0. The second-order valence-corrected chi connectivity index (χ2v) is 11.7. The average Bonchev–Trinajstić information content (AvgIpc) is 2.39. The average molecular weight is 474 g/mol. The van der Waals surface area contributed by atoms with Gasteiger partial charge in [0.1, 0.15) is 0 Å². The van der Waals surface area contributed by atoms with Crippen molar-refractivity contribution in [1.82, 2.24) is 0 Å². The first-order valence-electron chi connectivity index (χ1n) is 6.55. The summed E-state index contributed by atoms with van der Waals surface area (Å²) in [6.07, 6.45) is 1.45. The van der Waals surface area contributed by atoms with Gasteiger partial charge in [0.05, 0.1) is 5.75 Å². The van der Waals surface area contributed by atoms with Crippen molar-refractivity contribution < 1.29 is 76.6 Å². The molecule has 0 aromatic carbocycles. The topological polar surface area (TPSA) is 129 Å². The second kappa shape index (κ2) is 22.8. The van der Waals surface area contributed by atoms with Gasteiger partial charge in [-0.15, -0.1) is 0 Å². The van der Waals surface area contributed by atoms with Crippen molar-refractivity contribution in [2.75, 3.05) is 34.5 Å². The van der Waals surface area contributed by atoms with Crippen LogP contribution in [0, 0.1) is 0 Å². The monoisotopic (exact) mass is 473 g/mol. The van der Waals surface area contributed by atoms with Crippen LogP contribution in [0.4, 0.5) is 0 Å². The molecule has 0 aliphatic rings. The quantitative estimate of drug-likeness (QED) is 0.0923. The van der Waals surface area contributed by atoms with Gasteiger partial charge in [-0.1, -0.05) is 54.3 Å². The van der Waals surface area contributed by atoms with Crippen LogP contribution in [0.3, 0.4) is 0 Å². The van der Waals surface area contributed by atoms with Crippen molar-refractivity contribution in [1.29, 1.82) is 0 Å². The molecular formula is C10H23N2Na2O4S6+.